The fourth-order valence-corrected chi connectivity index (χ4v) is 7.29. The molecule has 0 amide bonds. The number of alkyl halides is 1. The van der Waals surface area contributed by atoms with Gasteiger partial charge in [0.1, 0.15) is 6.67 Å². The number of aliphatic hydroxyl groups is 1. The zero-order valence-electron chi connectivity index (χ0n) is 12.4. The zero-order valence-corrected chi connectivity index (χ0v) is 13.2. The van der Waals surface area contributed by atoms with Crippen molar-refractivity contribution in [2.75, 3.05) is 10.8 Å². The number of rotatable bonds is 2. The molecule has 2 saturated carbocycles. The van der Waals surface area contributed by atoms with Gasteiger partial charge >= 0.3 is 0 Å². The average Bonchev–Trinajstić information content (AvgIpc) is 3.16. The van der Waals surface area contributed by atoms with Crippen LogP contribution in [0.2, 0.25) is 0 Å². The second-order valence-corrected chi connectivity index (χ2v) is 8.77. The Kier molecular flexibility index (Phi) is 3.19. The van der Waals surface area contributed by atoms with Gasteiger partial charge in [-0.15, -0.1) is 0 Å². The molecule has 23 heavy (non-hydrogen) atoms. The first-order valence-corrected chi connectivity index (χ1v) is 9.26. The van der Waals surface area contributed by atoms with Crippen LogP contribution in [0.1, 0.15) is 24.0 Å². The van der Waals surface area contributed by atoms with Crippen molar-refractivity contribution >= 4 is 15.7 Å². The Morgan fingerprint density at radius 3 is 2.83 bits per heavy atom. The highest BCUT2D eigenvalue weighted by atomic mass is 32.2. The summed E-state index contributed by atoms with van der Waals surface area (Å²) in [5, 5.41) is 18.5. The predicted molar refractivity (Wildman–Crippen MR) is 81.7 cm³/mol. The molecule has 2 bridgehead atoms. The van der Waals surface area contributed by atoms with Crippen LogP contribution in [0.5, 0.6) is 0 Å². The van der Waals surface area contributed by atoms with Crippen LogP contribution < -0.4 is 4.31 Å². The Morgan fingerprint density at radius 2 is 2.13 bits per heavy atom. The van der Waals surface area contributed by atoms with Gasteiger partial charge in [-0.1, -0.05) is 0 Å². The molecule has 0 unspecified atom stereocenters. The summed E-state index contributed by atoms with van der Waals surface area (Å²) in [5.41, 5.74) is 0.851. The normalized spacial score (nSPS) is 36.9. The Labute approximate surface area is 134 Å². The van der Waals surface area contributed by atoms with Crippen molar-refractivity contribution in [1.82, 2.24) is 0 Å². The number of benzene rings is 1. The number of halogens is 1. The van der Waals surface area contributed by atoms with Crippen molar-refractivity contribution in [2.45, 2.75) is 30.9 Å². The lowest BCUT2D eigenvalue weighted by atomic mass is 9.87. The maximum atomic E-state index is 13.1. The van der Waals surface area contributed by atoms with Gasteiger partial charge in [-0.05, 0) is 42.9 Å². The summed E-state index contributed by atoms with van der Waals surface area (Å²) >= 11 is 0. The van der Waals surface area contributed by atoms with Gasteiger partial charge in [-0.25, -0.2) is 12.8 Å². The fraction of sp³-hybridized carbons (Fsp3) is 0.562. The molecule has 7 heteroatoms. The zero-order chi connectivity index (χ0) is 16.4. The van der Waals surface area contributed by atoms with Crippen molar-refractivity contribution in [2.24, 2.45) is 17.8 Å². The molecule has 0 spiro atoms. The average molecular weight is 336 g/mol. The summed E-state index contributed by atoms with van der Waals surface area (Å²) < 4.78 is 40.3. The minimum atomic E-state index is -3.56. The molecule has 5 nitrogen and oxygen atoms in total. The van der Waals surface area contributed by atoms with Crippen molar-refractivity contribution in [3.8, 4) is 6.07 Å². The fourth-order valence-electron chi connectivity index (χ4n) is 4.72. The molecule has 5 atom stereocenters. The van der Waals surface area contributed by atoms with Crippen molar-refractivity contribution in [3.05, 3.63) is 29.3 Å². The maximum absolute atomic E-state index is 13.1. The molecule has 1 aliphatic heterocycles. The van der Waals surface area contributed by atoms with Gasteiger partial charge in [0.25, 0.3) is 0 Å². The minimum absolute atomic E-state index is 0.0397. The van der Waals surface area contributed by atoms with Crippen LogP contribution in [0.15, 0.2) is 18.2 Å². The molecule has 0 radical (unpaired) electrons. The molecule has 1 aromatic carbocycles. The predicted octanol–water partition coefficient (Wildman–Crippen LogP) is 1.56. The Morgan fingerprint density at radius 1 is 1.35 bits per heavy atom. The summed E-state index contributed by atoms with van der Waals surface area (Å²) in [6.45, 7) is -0.417. The lowest BCUT2D eigenvalue weighted by Gasteiger charge is -2.26. The van der Waals surface area contributed by atoms with Gasteiger partial charge < -0.3 is 5.11 Å². The summed E-state index contributed by atoms with van der Waals surface area (Å²) in [7, 11) is -3.56. The van der Waals surface area contributed by atoms with E-state index in [0.717, 1.165) is 6.42 Å². The quantitative estimate of drug-likeness (QED) is 0.889. The number of sulfonamides is 1. The van der Waals surface area contributed by atoms with E-state index >= 15 is 0 Å². The van der Waals surface area contributed by atoms with Crippen LogP contribution in [0.4, 0.5) is 10.1 Å². The summed E-state index contributed by atoms with van der Waals surface area (Å²) in [6, 6.07) is 6.40. The number of anilines is 1. The highest BCUT2D eigenvalue weighted by Gasteiger charge is 2.62. The number of hydrogen-bond acceptors (Lipinski definition) is 4. The highest BCUT2D eigenvalue weighted by Crippen LogP contribution is 2.55. The first-order chi connectivity index (χ1) is 11.0. The standard InChI is InChI=1S/C16H17FN2O3S/c17-6-11-3-12(2-1-9(11)7-18)19-8-14-10-4-13(15(20)5-10)16(14)23(19,21)22/h1-3,10,13-16,20H,4-6,8H2/t10-,13+,14+,15-,16-/m1/s1. The van der Waals surface area contributed by atoms with E-state index in [1.807, 2.05) is 6.07 Å². The Bertz CT molecular complexity index is 804. The van der Waals surface area contributed by atoms with E-state index in [9.17, 15) is 17.9 Å². The van der Waals surface area contributed by atoms with Crippen LogP contribution in [-0.4, -0.2) is 31.4 Å². The maximum Gasteiger partial charge on any atom is 0.238 e. The molecule has 2 aliphatic carbocycles. The van der Waals surface area contributed by atoms with Gasteiger partial charge in [0, 0.05) is 18.0 Å². The summed E-state index contributed by atoms with van der Waals surface area (Å²) in [5.74, 6) is 0.107. The monoisotopic (exact) mass is 336 g/mol. The smallest absolute Gasteiger partial charge is 0.238 e. The third kappa shape index (κ3) is 1.95. The first-order valence-electron chi connectivity index (χ1n) is 7.76. The molecule has 1 heterocycles. The number of aliphatic hydroxyl groups excluding tert-OH is 1. The van der Waals surface area contributed by atoms with Crippen molar-refractivity contribution in [1.29, 1.82) is 5.26 Å². The number of hydrogen-bond donors (Lipinski definition) is 1. The Balaban J connectivity index is 1.73. The lowest BCUT2D eigenvalue weighted by molar-refractivity contribution is 0.102. The van der Waals surface area contributed by atoms with E-state index < -0.39 is 28.1 Å². The topological polar surface area (TPSA) is 81.4 Å². The van der Waals surface area contributed by atoms with E-state index in [1.54, 1.807) is 6.07 Å². The van der Waals surface area contributed by atoms with Crippen LogP contribution in [0, 0.1) is 29.1 Å². The summed E-state index contributed by atoms with van der Waals surface area (Å²) in [4.78, 5) is 0. The first kappa shape index (κ1) is 14.9. The SMILES string of the molecule is N#Cc1ccc(N2C[C@H]3[C@@H]4C[C@H]([C@H]3S2(=O)=O)[C@H](O)C4)cc1CF. The molecule has 122 valence electrons. The molecule has 1 aromatic rings. The van der Waals surface area contributed by atoms with Gasteiger partial charge in [0.2, 0.25) is 10.0 Å². The van der Waals surface area contributed by atoms with Gasteiger partial charge in [0.15, 0.2) is 0 Å². The lowest BCUT2D eigenvalue weighted by Crippen LogP contribution is -2.38. The van der Waals surface area contributed by atoms with Gasteiger partial charge in [-0.3, -0.25) is 4.31 Å². The number of nitrogens with zero attached hydrogens (tertiary/aromatic N) is 2. The van der Waals surface area contributed by atoms with Crippen LogP contribution in [0.25, 0.3) is 0 Å². The Hall–Kier alpha value is -1.65. The van der Waals surface area contributed by atoms with E-state index in [0.29, 0.717) is 18.7 Å². The summed E-state index contributed by atoms with van der Waals surface area (Å²) in [6.07, 6.45) is 0.934. The largest absolute Gasteiger partial charge is 0.393 e. The van der Waals surface area contributed by atoms with Crippen LogP contribution in [-0.2, 0) is 16.7 Å². The molecule has 1 saturated heterocycles. The molecule has 1 N–H and O–H groups in total. The van der Waals surface area contributed by atoms with Crippen LogP contribution >= 0.6 is 0 Å². The van der Waals surface area contributed by atoms with Crippen molar-refractivity contribution in [3.63, 3.8) is 0 Å². The van der Waals surface area contributed by atoms with E-state index in [1.165, 1.54) is 16.4 Å². The minimum Gasteiger partial charge on any atom is -0.393 e. The van der Waals surface area contributed by atoms with E-state index in [4.69, 9.17) is 5.26 Å². The third-order valence-electron chi connectivity index (χ3n) is 5.73. The number of fused-ring (bicyclic) bond motifs is 5. The molecule has 3 fully saturated rings. The van der Waals surface area contributed by atoms with Crippen molar-refractivity contribution < 1.29 is 17.9 Å². The van der Waals surface area contributed by atoms with E-state index in [2.05, 4.69) is 0 Å². The molecule has 0 aromatic heterocycles. The second-order valence-electron chi connectivity index (χ2n) is 6.75. The molecule has 4 rings (SSSR count). The van der Waals surface area contributed by atoms with Gasteiger partial charge in [0.05, 0.1) is 28.7 Å². The molecule has 3 aliphatic rings. The number of nitriles is 1. The third-order valence-corrected chi connectivity index (χ3v) is 8.09. The van der Waals surface area contributed by atoms with Gasteiger partial charge in [-0.2, -0.15) is 5.26 Å². The molecular weight excluding hydrogens is 319 g/mol. The molecular formula is C16H17FN2O3S. The highest BCUT2D eigenvalue weighted by molar-refractivity contribution is 7.93. The van der Waals surface area contributed by atoms with Crippen LogP contribution in [0.3, 0.4) is 0 Å². The van der Waals surface area contributed by atoms with E-state index in [-0.39, 0.29) is 28.9 Å². The second kappa shape index (κ2) is 4.92.